The average molecular weight is 250 g/mol. The van der Waals surface area contributed by atoms with Gasteiger partial charge in [-0.05, 0) is 37.6 Å². The van der Waals surface area contributed by atoms with Crippen molar-refractivity contribution in [2.45, 2.75) is 26.9 Å². The van der Waals surface area contributed by atoms with Crippen molar-refractivity contribution < 1.29 is 0 Å². The van der Waals surface area contributed by atoms with Gasteiger partial charge in [0, 0.05) is 29.6 Å². The van der Waals surface area contributed by atoms with Crippen molar-refractivity contribution in [1.29, 1.82) is 0 Å². The third-order valence-electron chi connectivity index (χ3n) is 2.77. The van der Waals surface area contributed by atoms with E-state index in [1.54, 1.807) is 0 Å². The standard InChI is InChI=1S/C13H16ClN3/c1-3-17-7-6-15-13(17)9-16-12-5-4-11(14)8-10(12)2/h4-8,16H,3,9H2,1-2H3. The van der Waals surface area contributed by atoms with Gasteiger partial charge in [0.15, 0.2) is 0 Å². The molecule has 0 bridgehead atoms. The van der Waals surface area contributed by atoms with Crippen molar-refractivity contribution in [3.05, 3.63) is 47.0 Å². The molecule has 1 N–H and O–H groups in total. The number of nitrogens with one attached hydrogen (secondary N) is 1. The number of hydrogen-bond acceptors (Lipinski definition) is 2. The van der Waals surface area contributed by atoms with Crippen LogP contribution in [0.25, 0.3) is 0 Å². The predicted molar refractivity (Wildman–Crippen MR) is 71.4 cm³/mol. The first-order valence-corrected chi connectivity index (χ1v) is 6.08. The van der Waals surface area contributed by atoms with Crippen LogP contribution in [-0.2, 0) is 13.1 Å². The molecule has 1 aromatic heterocycles. The topological polar surface area (TPSA) is 29.9 Å². The number of aromatic nitrogens is 2. The highest BCUT2D eigenvalue weighted by Crippen LogP contribution is 2.20. The molecule has 2 aromatic rings. The van der Waals surface area contributed by atoms with E-state index in [-0.39, 0.29) is 0 Å². The van der Waals surface area contributed by atoms with Crippen LogP contribution in [0.2, 0.25) is 5.02 Å². The van der Waals surface area contributed by atoms with E-state index in [0.717, 1.165) is 35.2 Å². The van der Waals surface area contributed by atoms with E-state index in [1.165, 1.54) is 0 Å². The Morgan fingerprint density at radius 2 is 2.24 bits per heavy atom. The molecule has 3 nitrogen and oxygen atoms in total. The quantitative estimate of drug-likeness (QED) is 0.899. The van der Waals surface area contributed by atoms with E-state index >= 15 is 0 Å². The first kappa shape index (κ1) is 12.0. The zero-order valence-electron chi connectivity index (χ0n) is 10.1. The van der Waals surface area contributed by atoms with Crippen LogP contribution in [0.3, 0.4) is 0 Å². The number of halogens is 1. The molecule has 0 radical (unpaired) electrons. The van der Waals surface area contributed by atoms with Gasteiger partial charge in [-0.1, -0.05) is 11.6 Å². The SMILES string of the molecule is CCn1ccnc1CNc1ccc(Cl)cc1C. The summed E-state index contributed by atoms with van der Waals surface area (Å²) in [6.07, 6.45) is 3.82. The summed E-state index contributed by atoms with van der Waals surface area (Å²) >= 11 is 5.92. The molecule has 17 heavy (non-hydrogen) atoms. The molecule has 1 heterocycles. The number of anilines is 1. The molecule has 0 spiro atoms. The Kier molecular flexibility index (Phi) is 3.69. The van der Waals surface area contributed by atoms with Crippen molar-refractivity contribution in [2.24, 2.45) is 0 Å². The molecule has 4 heteroatoms. The lowest BCUT2D eigenvalue weighted by molar-refractivity contribution is 0.708. The normalized spacial score (nSPS) is 10.5. The molecule has 2 rings (SSSR count). The van der Waals surface area contributed by atoms with Crippen molar-refractivity contribution >= 4 is 17.3 Å². The summed E-state index contributed by atoms with van der Waals surface area (Å²) in [5.41, 5.74) is 2.24. The van der Waals surface area contributed by atoms with E-state index in [0.29, 0.717) is 0 Å². The van der Waals surface area contributed by atoms with Gasteiger partial charge in [0.2, 0.25) is 0 Å². The van der Waals surface area contributed by atoms with E-state index in [1.807, 2.05) is 37.5 Å². The van der Waals surface area contributed by atoms with E-state index < -0.39 is 0 Å². The van der Waals surface area contributed by atoms with Gasteiger partial charge in [0.05, 0.1) is 6.54 Å². The van der Waals surface area contributed by atoms with Gasteiger partial charge in [-0.3, -0.25) is 0 Å². The zero-order chi connectivity index (χ0) is 12.3. The van der Waals surface area contributed by atoms with Crippen molar-refractivity contribution in [3.63, 3.8) is 0 Å². The molecule has 0 unspecified atom stereocenters. The largest absolute Gasteiger partial charge is 0.378 e. The second-order valence-corrected chi connectivity index (χ2v) is 4.38. The molecule has 0 aliphatic heterocycles. The van der Waals surface area contributed by atoms with Crippen LogP contribution >= 0.6 is 11.6 Å². The van der Waals surface area contributed by atoms with Crippen LogP contribution in [-0.4, -0.2) is 9.55 Å². The maximum Gasteiger partial charge on any atom is 0.128 e. The zero-order valence-corrected chi connectivity index (χ0v) is 10.8. The lowest BCUT2D eigenvalue weighted by Gasteiger charge is -2.10. The molecule has 1 aromatic carbocycles. The Balaban J connectivity index is 2.07. The van der Waals surface area contributed by atoms with Gasteiger partial charge in [0.1, 0.15) is 5.82 Å². The third-order valence-corrected chi connectivity index (χ3v) is 3.00. The van der Waals surface area contributed by atoms with Gasteiger partial charge < -0.3 is 9.88 Å². The number of benzene rings is 1. The van der Waals surface area contributed by atoms with Gasteiger partial charge in [-0.2, -0.15) is 0 Å². The van der Waals surface area contributed by atoms with Crippen molar-refractivity contribution in [2.75, 3.05) is 5.32 Å². The predicted octanol–water partition coefficient (Wildman–Crippen LogP) is 3.48. The van der Waals surface area contributed by atoms with E-state index in [4.69, 9.17) is 11.6 Å². The Morgan fingerprint density at radius 3 is 2.94 bits per heavy atom. The second kappa shape index (κ2) is 5.23. The lowest BCUT2D eigenvalue weighted by atomic mass is 10.2. The maximum atomic E-state index is 5.92. The smallest absolute Gasteiger partial charge is 0.128 e. The lowest BCUT2D eigenvalue weighted by Crippen LogP contribution is -2.08. The molecule has 90 valence electrons. The highest BCUT2D eigenvalue weighted by Gasteiger charge is 2.02. The summed E-state index contributed by atoms with van der Waals surface area (Å²) in [6.45, 7) is 5.82. The maximum absolute atomic E-state index is 5.92. The van der Waals surface area contributed by atoms with Crippen molar-refractivity contribution in [1.82, 2.24) is 9.55 Å². The fourth-order valence-electron chi connectivity index (χ4n) is 1.79. The Hall–Kier alpha value is -1.48. The summed E-state index contributed by atoms with van der Waals surface area (Å²) in [7, 11) is 0. The molecule has 0 aliphatic carbocycles. The number of rotatable bonds is 4. The summed E-state index contributed by atoms with van der Waals surface area (Å²) in [5, 5.41) is 4.14. The molecule has 0 saturated heterocycles. The van der Waals surface area contributed by atoms with Gasteiger partial charge in [0.25, 0.3) is 0 Å². The summed E-state index contributed by atoms with van der Waals surface area (Å²) in [6, 6.07) is 5.84. The highest BCUT2D eigenvalue weighted by atomic mass is 35.5. The molecule has 0 fully saturated rings. The minimum absolute atomic E-state index is 0.726. The van der Waals surface area contributed by atoms with E-state index in [2.05, 4.69) is 21.8 Å². The minimum Gasteiger partial charge on any atom is -0.378 e. The monoisotopic (exact) mass is 249 g/mol. The molecule has 0 atom stereocenters. The summed E-state index contributed by atoms with van der Waals surface area (Å²) < 4.78 is 2.12. The van der Waals surface area contributed by atoms with E-state index in [9.17, 15) is 0 Å². The third kappa shape index (κ3) is 2.80. The number of imidazole rings is 1. The van der Waals surface area contributed by atoms with Crippen LogP contribution in [0.4, 0.5) is 5.69 Å². The highest BCUT2D eigenvalue weighted by molar-refractivity contribution is 6.30. The number of hydrogen-bond donors (Lipinski definition) is 1. The van der Waals surface area contributed by atoms with Crippen molar-refractivity contribution in [3.8, 4) is 0 Å². The first-order chi connectivity index (χ1) is 8.20. The first-order valence-electron chi connectivity index (χ1n) is 5.70. The average Bonchev–Trinajstić information content (AvgIpc) is 2.75. The van der Waals surface area contributed by atoms with Crippen LogP contribution in [0.15, 0.2) is 30.6 Å². The molecular weight excluding hydrogens is 234 g/mol. The Morgan fingerprint density at radius 1 is 1.41 bits per heavy atom. The minimum atomic E-state index is 0.726. The molecular formula is C13H16ClN3. The number of nitrogens with zero attached hydrogens (tertiary/aromatic N) is 2. The second-order valence-electron chi connectivity index (χ2n) is 3.94. The van der Waals surface area contributed by atoms with Crippen LogP contribution in [0.1, 0.15) is 18.3 Å². The Labute approximate surface area is 106 Å². The molecule has 0 aliphatic rings. The molecule has 0 amide bonds. The fraction of sp³-hybridized carbons (Fsp3) is 0.308. The van der Waals surface area contributed by atoms with Crippen LogP contribution in [0.5, 0.6) is 0 Å². The van der Waals surface area contributed by atoms with Crippen LogP contribution in [0, 0.1) is 6.92 Å². The van der Waals surface area contributed by atoms with Gasteiger partial charge in [-0.25, -0.2) is 4.98 Å². The van der Waals surface area contributed by atoms with Gasteiger partial charge in [-0.15, -0.1) is 0 Å². The summed E-state index contributed by atoms with van der Waals surface area (Å²) in [4.78, 5) is 4.32. The summed E-state index contributed by atoms with van der Waals surface area (Å²) in [5.74, 6) is 1.04. The van der Waals surface area contributed by atoms with Gasteiger partial charge >= 0.3 is 0 Å². The van der Waals surface area contributed by atoms with Crippen LogP contribution < -0.4 is 5.32 Å². The Bertz CT molecular complexity index is 505. The number of aryl methyl sites for hydroxylation is 2. The molecule has 0 saturated carbocycles. The fourth-order valence-corrected chi connectivity index (χ4v) is 2.02.